The fourth-order valence-corrected chi connectivity index (χ4v) is 2.10. The van der Waals surface area contributed by atoms with Gasteiger partial charge in [0.25, 0.3) is 11.8 Å². The van der Waals surface area contributed by atoms with E-state index in [1.54, 1.807) is 0 Å². The predicted octanol–water partition coefficient (Wildman–Crippen LogP) is 1.36. The maximum Gasteiger partial charge on any atom is 0.329 e. The highest BCUT2D eigenvalue weighted by molar-refractivity contribution is 5.98. The first-order valence-corrected chi connectivity index (χ1v) is 8.54. The Morgan fingerprint density at radius 3 is 2.39 bits per heavy atom. The normalized spacial score (nSPS) is 12.4. The molecule has 0 saturated heterocycles. The summed E-state index contributed by atoms with van der Waals surface area (Å²) >= 11 is 0. The molecule has 2 aromatic rings. The highest BCUT2D eigenvalue weighted by Crippen LogP contribution is 2.02. The van der Waals surface area contributed by atoms with E-state index in [1.165, 1.54) is 32.2 Å². The predicted molar refractivity (Wildman–Crippen MR) is 98.0 cm³/mol. The first-order valence-electron chi connectivity index (χ1n) is 8.54. The van der Waals surface area contributed by atoms with Gasteiger partial charge in [-0.2, -0.15) is 0 Å². The van der Waals surface area contributed by atoms with Crippen molar-refractivity contribution in [3.8, 4) is 0 Å². The summed E-state index contributed by atoms with van der Waals surface area (Å²) in [6.45, 7) is 2.96. The van der Waals surface area contributed by atoms with Crippen LogP contribution in [0.5, 0.6) is 0 Å². The van der Waals surface area contributed by atoms with Gasteiger partial charge in [-0.3, -0.25) is 14.9 Å². The number of hydrogen-bond acceptors (Lipinski definition) is 6. The zero-order valence-electron chi connectivity index (χ0n) is 15.4. The van der Waals surface area contributed by atoms with Crippen molar-refractivity contribution in [3.05, 3.63) is 60.1 Å². The van der Waals surface area contributed by atoms with Gasteiger partial charge in [0.2, 0.25) is 0 Å². The largest absolute Gasteiger partial charge is 0.459 e. The summed E-state index contributed by atoms with van der Waals surface area (Å²) < 4.78 is 9.90. The number of benzene rings is 1. The molecule has 0 bridgehead atoms. The van der Waals surface area contributed by atoms with Crippen LogP contribution in [0, 0.1) is 0 Å². The highest BCUT2D eigenvalue weighted by Gasteiger charge is 2.25. The van der Waals surface area contributed by atoms with Gasteiger partial charge in [0, 0.05) is 6.54 Å². The van der Waals surface area contributed by atoms with E-state index in [2.05, 4.69) is 16.0 Å². The molecule has 0 radical (unpaired) electrons. The van der Waals surface area contributed by atoms with E-state index in [0.717, 1.165) is 5.56 Å². The molecule has 3 N–H and O–H groups in total. The summed E-state index contributed by atoms with van der Waals surface area (Å²) in [5, 5.41) is 7.00. The van der Waals surface area contributed by atoms with E-state index < -0.39 is 36.0 Å². The zero-order valence-corrected chi connectivity index (χ0v) is 15.4. The first kappa shape index (κ1) is 20.7. The molecular formula is C19H21N3O6. The average molecular weight is 387 g/mol. The van der Waals surface area contributed by atoms with E-state index in [0.29, 0.717) is 0 Å². The van der Waals surface area contributed by atoms with Crippen molar-refractivity contribution in [3.63, 3.8) is 0 Å². The van der Waals surface area contributed by atoms with Gasteiger partial charge in [0.1, 0.15) is 6.04 Å². The van der Waals surface area contributed by atoms with Crippen LogP contribution in [0.2, 0.25) is 0 Å². The van der Waals surface area contributed by atoms with Crippen molar-refractivity contribution in [2.24, 2.45) is 0 Å². The molecule has 0 unspecified atom stereocenters. The topological polar surface area (TPSA) is 127 Å². The number of imide groups is 1. The second-order valence-electron chi connectivity index (χ2n) is 5.91. The Morgan fingerprint density at radius 1 is 1.04 bits per heavy atom. The number of carbonyl (C=O) groups excluding carboxylic acids is 4. The van der Waals surface area contributed by atoms with Gasteiger partial charge >= 0.3 is 12.0 Å². The van der Waals surface area contributed by atoms with Crippen LogP contribution in [0.4, 0.5) is 4.79 Å². The van der Waals surface area contributed by atoms with Crippen molar-refractivity contribution in [2.75, 3.05) is 0 Å². The van der Waals surface area contributed by atoms with Crippen LogP contribution < -0.4 is 16.0 Å². The van der Waals surface area contributed by atoms with E-state index >= 15 is 0 Å². The Hall–Kier alpha value is -3.62. The first-order chi connectivity index (χ1) is 13.4. The smallest absolute Gasteiger partial charge is 0.329 e. The minimum Gasteiger partial charge on any atom is -0.459 e. The monoisotopic (exact) mass is 387 g/mol. The zero-order chi connectivity index (χ0) is 20.5. The molecule has 0 aliphatic rings. The minimum absolute atomic E-state index is 0.0422. The Morgan fingerprint density at radius 2 is 1.75 bits per heavy atom. The number of rotatable bonds is 7. The standard InChI is InChI=1S/C19H21N3O6/c1-12(21-17(24)15-9-6-10-27-15)18(25)28-13(2)16(23)22-19(26)20-11-14-7-4-3-5-8-14/h3-10,12-13H,11H2,1-2H3,(H,21,24)(H2,20,22,23,26)/t12-,13-/m0/s1. The van der Waals surface area contributed by atoms with Crippen LogP contribution in [0.15, 0.2) is 53.1 Å². The summed E-state index contributed by atoms with van der Waals surface area (Å²) in [5.41, 5.74) is 0.866. The molecule has 4 amide bonds. The number of hydrogen-bond donors (Lipinski definition) is 3. The summed E-state index contributed by atoms with van der Waals surface area (Å²) in [6.07, 6.45) is 0.102. The number of furan rings is 1. The van der Waals surface area contributed by atoms with Crippen LogP contribution in [-0.2, 0) is 20.9 Å². The molecule has 0 fully saturated rings. The fourth-order valence-electron chi connectivity index (χ4n) is 2.10. The summed E-state index contributed by atoms with van der Waals surface area (Å²) in [7, 11) is 0. The van der Waals surface area contributed by atoms with Gasteiger partial charge in [-0.05, 0) is 31.5 Å². The molecule has 9 nitrogen and oxygen atoms in total. The molecule has 1 heterocycles. The maximum absolute atomic E-state index is 12.0. The van der Waals surface area contributed by atoms with Crippen molar-refractivity contribution in [2.45, 2.75) is 32.5 Å². The number of ether oxygens (including phenoxy) is 1. The van der Waals surface area contributed by atoms with E-state index in [1.807, 2.05) is 30.3 Å². The number of carbonyl (C=O) groups is 4. The third-order valence-electron chi connectivity index (χ3n) is 3.64. The lowest BCUT2D eigenvalue weighted by Gasteiger charge is -2.17. The summed E-state index contributed by atoms with van der Waals surface area (Å²) in [4.78, 5) is 47.6. The third-order valence-corrected chi connectivity index (χ3v) is 3.64. The molecule has 0 spiro atoms. The van der Waals surface area contributed by atoms with Gasteiger partial charge in [0.05, 0.1) is 6.26 Å². The molecule has 1 aromatic carbocycles. The second kappa shape index (κ2) is 9.91. The second-order valence-corrected chi connectivity index (χ2v) is 5.91. The van der Waals surface area contributed by atoms with Gasteiger partial charge in [-0.25, -0.2) is 9.59 Å². The van der Waals surface area contributed by atoms with Gasteiger partial charge in [0.15, 0.2) is 11.9 Å². The van der Waals surface area contributed by atoms with Gasteiger partial charge in [-0.1, -0.05) is 30.3 Å². The Labute approximate surface area is 161 Å². The third kappa shape index (κ3) is 6.27. The Balaban J connectivity index is 1.75. The summed E-state index contributed by atoms with van der Waals surface area (Å²) in [6, 6.07) is 10.4. The highest BCUT2D eigenvalue weighted by atomic mass is 16.5. The average Bonchev–Trinajstić information content (AvgIpc) is 3.22. The van der Waals surface area contributed by atoms with E-state index in [-0.39, 0.29) is 12.3 Å². The van der Waals surface area contributed by atoms with Crippen LogP contribution in [-0.4, -0.2) is 36.0 Å². The number of amides is 4. The fraction of sp³-hybridized carbons (Fsp3) is 0.263. The molecule has 28 heavy (non-hydrogen) atoms. The number of nitrogens with one attached hydrogen (secondary N) is 3. The summed E-state index contributed by atoms with van der Waals surface area (Å²) in [5.74, 6) is -2.16. The number of urea groups is 1. The molecule has 1 aromatic heterocycles. The van der Waals surface area contributed by atoms with Crippen molar-refractivity contribution < 1.29 is 28.3 Å². The molecule has 2 rings (SSSR count). The molecule has 0 saturated carbocycles. The Kier molecular flexibility index (Phi) is 7.32. The lowest BCUT2D eigenvalue weighted by atomic mass is 10.2. The van der Waals surface area contributed by atoms with Gasteiger partial charge in [-0.15, -0.1) is 0 Å². The van der Waals surface area contributed by atoms with Crippen LogP contribution in [0.3, 0.4) is 0 Å². The molecule has 148 valence electrons. The van der Waals surface area contributed by atoms with E-state index in [4.69, 9.17) is 9.15 Å². The molecule has 9 heteroatoms. The molecule has 2 atom stereocenters. The van der Waals surface area contributed by atoms with Crippen LogP contribution in [0.1, 0.15) is 30.0 Å². The molecule has 0 aliphatic carbocycles. The van der Waals surface area contributed by atoms with Crippen LogP contribution >= 0.6 is 0 Å². The van der Waals surface area contributed by atoms with E-state index in [9.17, 15) is 19.2 Å². The van der Waals surface area contributed by atoms with Crippen molar-refractivity contribution in [1.29, 1.82) is 0 Å². The maximum atomic E-state index is 12.0. The minimum atomic E-state index is -1.22. The molecule has 0 aliphatic heterocycles. The van der Waals surface area contributed by atoms with Crippen LogP contribution in [0.25, 0.3) is 0 Å². The molecular weight excluding hydrogens is 366 g/mol. The number of esters is 1. The van der Waals surface area contributed by atoms with Crippen molar-refractivity contribution >= 4 is 23.8 Å². The van der Waals surface area contributed by atoms with Crippen molar-refractivity contribution in [1.82, 2.24) is 16.0 Å². The lowest BCUT2D eigenvalue weighted by molar-refractivity contribution is -0.155. The Bertz CT molecular complexity index is 819. The van der Waals surface area contributed by atoms with Gasteiger partial charge < -0.3 is 19.8 Å². The lowest BCUT2D eigenvalue weighted by Crippen LogP contribution is -2.46. The SMILES string of the molecule is C[C@H](NC(=O)c1ccco1)C(=O)O[C@@H](C)C(=O)NC(=O)NCc1ccccc1. The quantitative estimate of drug-likeness (QED) is 0.616.